The predicted molar refractivity (Wildman–Crippen MR) is 80.7 cm³/mol. The third kappa shape index (κ3) is 3.98. The van der Waals surface area contributed by atoms with Crippen molar-refractivity contribution in [1.29, 1.82) is 0 Å². The van der Waals surface area contributed by atoms with Gasteiger partial charge < -0.3 is 10.1 Å². The highest BCUT2D eigenvalue weighted by Crippen LogP contribution is 2.19. The fraction of sp³-hybridized carbons (Fsp3) is 0.294. The van der Waals surface area contributed by atoms with Gasteiger partial charge in [-0.05, 0) is 48.7 Å². The molecule has 2 nitrogen and oxygen atoms in total. The van der Waals surface area contributed by atoms with Crippen LogP contribution in [0.25, 0.3) is 0 Å². The summed E-state index contributed by atoms with van der Waals surface area (Å²) in [6.45, 7) is 5.37. The Labute approximate surface area is 119 Å². The molecule has 2 aromatic rings. The highest BCUT2D eigenvalue weighted by atomic mass is 19.1. The SMILES string of the molecule is CCCOc1cccc(NCc2cc(F)ccc2C)c1. The quantitative estimate of drug-likeness (QED) is 0.834. The molecule has 0 aliphatic carbocycles. The largest absolute Gasteiger partial charge is 0.494 e. The van der Waals surface area contributed by atoms with Crippen LogP contribution < -0.4 is 10.1 Å². The fourth-order valence-corrected chi connectivity index (χ4v) is 1.94. The van der Waals surface area contributed by atoms with Crippen LogP contribution in [0.3, 0.4) is 0 Å². The number of hydrogen-bond acceptors (Lipinski definition) is 2. The van der Waals surface area contributed by atoms with Gasteiger partial charge in [0.05, 0.1) is 6.61 Å². The van der Waals surface area contributed by atoms with Gasteiger partial charge in [-0.1, -0.05) is 19.1 Å². The van der Waals surface area contributed by atoms with Crippen molar-refractivity contribution >= 4 is 5.69 Å². The Morgan fingerprint density at radius 2 is 2.00 bits per heavy atom. The van der Waals surface area contributed by atoms with Gasteiger partial charge >= 0.3 is 0 Å². The van der Waals surface area contributed by atoms with E-state index in [4.69, 9.17) is 4.74 Å². The number of aryl methyl sites for hydroxylation is 1. The predicted octanol–water partition coefficient (Wildman–Crippen LogP) is 4.54. The lowest BCUT2D eigenvalue weighted by Crippen LogP contribution is -2.02. The number of anilines is 1. The molecular formula is C17H20FNO. The van der Waals surface area contributed by atoms with Crippen LogP contribution >= 0.6 is 0 Å². The first-order valence-electron chi connectivity index (χ1n) is 6.91. The van der Waals surface area contributed by atoms with Crippen molar-refractivity contribution in [2.45, 2.75) is 26.8 Å². The molecule has 0 heterocycles. The van der Waals surface area contributed by atoms with E-state index in [1.165, 1.54) is 6.07 Å². The molecule has 0 unspecified atom stereocenters. The molecule has 0 atom stereocenters. The first-order valence-corrected chi connectivity index (χ1v) is 6.91. The maximum Gasteiger partial charge on any atom is 0.123 e. The average Bonchev–Trinajstić information content (AvgIpc) is 2.46. The third-order valence-corrected chi connectivity index (χ3v) is 3.10. The number of halogens is 1. The van der Waals surface area contributed by atoms with E-state index < -0.39 is 0 Å². The Kier molecular flexibility index (Phi) is 4.99. The van der Waals surface area contributed by atoms with Gasteiger partial charge in [-0.15, -0.1) is 0 Å². The number of hydrogen-bond donors (Lipinski definition) is 1. The minimum absolute atomic E-state index is 0.201. The van der Waals surface area contributed by atoms with Gasteiger partial charge in [0.1, 0.15) is 11.6 Å². The molecule has 3 heteroatoms. The Hall–Kier alpha value is -2.03. The smallest absolute Gasteiger partial charge is 0.123 e. The lowest BCUT2D eigenvalue weighted by Gasteiger charge is -2.11. The van der Waals surface area contributed by atoms with Crippen molar-refractivity contribution in [3.05, 3.63) is 59.4 Å². The Bertz CT molecular complexity index is 569. The van der Waals surface area contributed by atoms with Crippen LogP contribution in [0, 0.1) is 12.7 Å². The van der Waals surface area contributed by atoms with E-state index in [1.807, 2.05) is 31.2 Å². The fourth-order valence-electron chi connectivity index (χ4n) is 1.94. The van der Waals surface area contributed by atoms with E-state index in [2.05, 4.69) is 12.2 Å². The summed E-state index contributed by atoms with van der Waals surface area (Å²) in [6.07, 6.45) is 0.986. The molecule has 0 saturated heterocycles. The highest BCUT2D eigenvalue weighted by Gasteiger charge is 2.01. The summed E-state index contributed by atoms with van der Waals surface area (Å²) < 4.78 is 18.8. The third-order valence-electron chi connectivity index (χ3n) is 3.10. The second-order valence-corrected chi connectivity index (χ2v) is 4.80. The van der Waals surface area contributed by atoms with Crippen molar-refractivity contribution in [3.8, 4) is 5.75 Å². The van der Waals surface area contributed by atoms with Crippen LogP contribution in [-0.2, 0) is 6.54 Å². The molecule has 0 amide bonds. The summed E-state index contributed by atoms with van der Waals surface area (Å²) >= 11 is 0. The first-order chi connectivity index (χ1) is 9.69. The molecule has 1 N–H and O–H groups in total. The Balaban J connectivity index is 2.01. The van der Waals surface area contributed by atoms with Gasteiger partial charge in [0, 0.05) is 18.3 Å². The van der Waals surface area contributed by atoms with Gasteiger partial charge in [0.15, 0.2) is 0 Å². The molecule has 0 fully saturated rings. The molecule has 20 heavy (non-hydrogen) atoms. The highest BCUT2D eigenvalue weighted by molar-refractivity contribution is 5.49. The summed E-state index contributed by atoms with van der Waals surface area (Å²) in [5.41, 5.74) is 3.02. The van der Waals surface area contributed by atoms with E-state index >= 15 is 0 Å². The zero-order valence-corrected chi connectivity index (χ0v) is 11.9. The minimum atomic E-state index is -0.201. The number of ether oxygens (including phenoxy) is 1. The molecular weight excluding hydrogens is 253 g/mol. The van der Waals surface area contributed by atoms with Crippen LogP contribution in [0.1, 0.15) is 24.5 Å². The molecule has 106 valence electrons. The van der Waals surface area contributed by atoms with Gasteiger partial charge in [0.25, 0.3) is 0 Å². The zero-order valence-electron chi connectivity index (χ0n) is 11.9. The van der Waals surface area contributed by atoms with E-state index in [-0.39, 0.29) is 5.82 Å². The van der Waals surface area contributed by atoms with Crippen LogP contribution in [-0.4, -0.2) is 6.61 Å². The summed E-state index contributed by atoms with van der Waals surface area (Å²) in [6, 6.07) is 12.7. The molecule has 0 aliphatic heterocycles. The van der Waals surface area contributed by atoms with Crippen molar-refractivity contribution in [2.75, 3.05) is 11.9 Å². The van der Waals surface area contributed by atoms with Crippen LogP contribution in [0.5, 0.6) is 5.75 Å². The Morgan fingerprint density at radius 1 is 1.15 bits per heavy atom. The summed E-state index contributed by atoms with van der Waals surface area (Å²) in [5.74, 6) is 0.653. The summed E-state index contributed by atoms with van der Waals surface area (Å²) in [4.78, 5) is 0. The minimum Gasteiger partial charge on any atom is -0.494 e. The van der Waals surface area contributed by atoms with Crippen molar-refractivity contribution in [2.24, 2.45) is 0 Å². The summed E-state index contributed by atoms with van der Waals surface area (Å²) in [5, 5.41) is 3.30. The molecule has 2 aromatic carbocycles. The van der Waals surface area contributed by atoms with Crippen LogP contribution in [0.4, 0.5) is 10.1 Å². The molecule has 0 spiro atoms. The maximum atomic E-state index is 13.2. The first kappa shape index (κ1) is 14.4. The monoisotopic (exact) mass is 273 g/mol. The van der Waals surface area contributed by atoms with E-state index in [0.717, 1.165) is 29.0 Å². The molecule has 0 aromatic heterocycles. The maximum absolute atomic E-state index is 13.2. The number of benzene rings is 2. The van der Waals surface area contributed by atoms with E-state index in [1.54, 1.807) is 12.1 Å². The van der Waals surface area contributed by atoms with Crippen LogP contribution in [0.2, 0.25) is 0 Å². The van der Waals surface area contributed by atoms with Crippen molar-refractivity contribution < 1.29 is 9.13 Å². The van der Waals surface area contributed by atoms with Gasteiger partial charge in [0.2, 0.25) is 0 Å². The normalized spacial score (nSPS) is 10.3. The number of rotatable bonds is 6. The van der Waals surface area contributed by atoms with Gasteiger partial charge in [-0.25, -0.2) is 4.39 Å². The molecule has 0 aliphatic rings. The molecule has 0 saturated carbocycles. The number of nitrogens with one attached hydrogen (secondary N) is 1. The van der Waals surface area contributed by atoms with Gasteiger partial charge in [-0.3, -0.25) is 0 Å². The van der Waals surface area contributed by atoms with E-state index in [9.17, 15) is 4.39 Å². The van der Waals surface area contributed by atoms with E-state index in [0.29, 0.717) is 13.2 Å². The van der Waals surface area contributed by atoms with Crippen LogP contribution in [0.15, 0.2) is 42.5 Å². The zero-order chi connectivity index (χ0) is 14.4. The molecule has 0 bridgehead atoms. The summed E-state index contributed by atoms with van der Waals surface area (Å²) in [7, 11) is 0. The lowest BCUT2D eigenvalue weighted by atomic mass is 10.1. The topological polar surface area (TPSA) is 21.3 Å². The second kappa shape index (κ2) is 6.94. The Morgan fingerprint density at radius 3 is 2.80 bits per heavy atom. The van der Waals surface area contributed by atoms with Crippen molar-refractivity contribution in [3.63, 3.8) is 0 Å². The lowest BCUT2D eigenvalue weighted by molar-refractivity contribution is 0.317. The second-order valence-electron chi connectivity index (χ2n) is 4.80. The standard InChI is InChI=1S/C17H20FNO/c1-3-9-20-17-6-4-5-16(11-17)19-12-14-10-15(18)8-7-13(14)2/h4-8,10-11,19H,3,9,12H2,1-2H3. The van der Waals surface area contributed by atoms with Gasteiger partial charge in [-0.2, -0.15) is 0 Å². The average molecular weight is 273 g/mol. The molecule has 2 rings (SSSR count). The van der Waals surface area contributed by atoms with Crippen molar-refractivity contribution in [1.82, 2.24) is 0 Å². The molecule has 0 radical (unpaired) electrons.